The van der Waals surface area contributed by atoms with Crippen LogP contribution in [0, 0.1) is 11.6 Å². The lowest BCUT2D eigenvalue weighted by Crippen LogP contribution is -2.34. The van der Waals surface area contributed by atoms with Crippen molar-refractivity contribution in [3.05, 3.63) is 42.5 Å². The first-order chi connectivity index (χ1) is 8.77. The van der Waals surface area contributed by atoms with Crippen LogP contribution in [0.1, 0.15) is 6.92 Å². The number of anilines is 1. The van der Waals surface area contributed by atoms with Gasteiger partial charge in [0.15, 0.2) is 9.84 Å². The summed E-state index contributed by atoms with van der Waals surface area (Å²) in [7, 11) is -3.68. The molecule has 0 radical (unpaired) electrons. The van der Waals surface area contributed by atoms with E-state index in [0.29, 0.717) is 6.07 Å². The molecule has 1 unspecified atom stereocenters. The van der Waals surface area contributed by atoms with E-state index in [2.05, 4.69) is 11.9 Å². The lowest BCUT2D eigenvalue weighted by atomic mass is 10.3. The standard InChI is InChI=1S/C12H13F2NO3S/c1-3-6-19(17,18)8(2)12(16)15-11-5-4-9(13)7-10(11)14/h3-5,7-8H,1,6H2,2H3,(H,15,16). The zero-order valence-corrected chi connectivity index (χ0v) is 11.0. The molecule has 0 aliphatic carbocycles. The van der Waals surface area contributed by atoms with Gasteiger partial charge in [0.25, 0.3) is 0 Å². The monoisotopic (exact) mass is 289 g/mol. The van der Waals surface area contributed by atoms with Gasteiger partial charge in [-0.15, -0.1) is 6.58 Å². The smallest absolute Gasteiger partial charge is 0.242 e. The van der Waals surface area contributed by atoms with Gasteiger partial charge in [0.1, 0.15) is 16.9 Å². The van der Waals surface area contributed by atoms with Crippen LogP contribution in [-0.4, -0.2) is 25.3 Å². The molecule has 4 nitrogen and oxygen atoms in total. The highest BCUT2D eigenvalue weighted by Crippen LogP contribution is 2.16. The summed E-state index contributed by atoms with van der Waals surface area (Å²) in [4.78, 5) is 11.7. The van der Waals surface area contributed by atoms with E-state index >= 15 is 0 Å². The molecule has 0 aliphatic rings. The van der Waals surface area contributed by atoms with Crippen molar-refractivity contribution in [1.29, 1.82) is 0 Å². The fourth-order valence-corrected chi connectivity index (χ4v) is 2.30. The number of carbonyl (C=O) groups is 1. The maximum absolute atomic E-state index is 13.3. The first kappa shape index (κ1) is 15.3. The maximum Gasteiger partial charge on any atom is 0.242 e. The van der Waals surface area contributed by atoms with Crippen molar-refractivity contribution in [3.63, 3.8) is 0 Å². The fourth-order valence-electron chi connectivity index (χ4n) is 1.30. The van der Waals surface area contributed by atoms with Gasteiger partial charge in [-0.1, -0.05) is 6.08 Å². The van der Waals surface area contributed by atoms with Crippen molar-refractivity contribution in [1.82, 2.24) is 0 Å². The first-order valence-corrected chi connectivity index (χ1v) is 7.08. The molecule has 0 aromatic heterocycles. The normalized spacial score (nSPS) is 12.8. The van der Waals surface area contributed by atoms with E-state index in [4.69, 9.17) is 0 Å². The number of hydrogen-bond acceptors (Lipinski definition) is 3. The van der Waals surface area contributed by atoms with Gasteiger partial charge in [0.05, 0.1) is 11.4 Å². The zero-order chi connectivity index (χ0) is 14.6. The van der Waals surface area contributed by atoms with E-state index in [1.54, 1.807) is 0 Å². The molecule has 104 valence electrons. The van der Waals surface area contributed by atoms with Crippen molar-refractivity contribution < 1.29 is 22.0 Å². The lowest BCUT2D eigenvalue weighted by Gasteiger charge is -2.12. The number of benzene rings is 1. The SMILES string of the molecule is C=CCS(=O)(=O)C(C)C(=O)Nc1ccc(F)cc1F. The highest BCUT2D eigenvalue weighted by Gasteiger charge is 2.27. The maximum atomic E-state index is 13.3. The Bertz CT molecular complexity index is 599. The molecule has 1 amide bonds. The summed E-state index contributed by atoms with van der Waals surface area (Å²) in [6.45, 7) is 4.47. The second-order valence-corrected chi connectivity index (χ2v) is 6.24. The molecule has 1 aromatic carbocycles. The predicted molar refractivity (Wildman–Crippen MR) is 68.4 cm³/mol. The molecule has 0 aliphatic heterocycles. The van der Waals surface area contributed by atoms with Gasteiger partial charge in [-0.05, 0) is 19.1 Å². The molecule has 1 rings (SSSR count). The van der Waals surface area contributed by atoms with Crippen LogP contribution in [0.4, 0.5) is 14.5 Å². The minimum Gasteiger partial charge on any atom is -0.322 e. The third-order valence-electron chi connectivity index (χ3n) is 2.45. The van der Waals surface area contributed by atoms with Crippen LogP contribution in [0.5, 0.6) is 0 Å². The molecule has 0 saturated carbocycles. The Balaban J connectivity index is 2.88. The minimum absolute atomic E-state index is 0.271. The van der Waals surface area contributed by atoms with Crippen LogP contribution in [0.2, 0.25) is 0 Å². The molecule has 0 fully saturated rings. The van der Waals surface area contributed by atoms with Crippen LogP contribution < -0.4 is 5.32 Å². The minimum atomic E-state index is -3.68. The molecule has 7 heteroatoms. The summed E-state index contributed by atoms with van der Waals surface area (Å²) in [6, 6.07) is 2.58. The third kappa shape index (κ3) is 3.85. The van der Waals surface area contributed by atoms with Gasteiger partial charge in [-0.25, -0.2) is 17.2 Å². The first-order valence-electron chi connectivity index (χ1n) is 5.36. The number of hydrogen-bond donors (Lipinski definition) is 1. The summed E-state index contributed by atoms with van der Waals surface area (Å²) in [5.74, 6) is -3.00. The quantitative estimate of drug-likeness (QED) is 0.842. The number of amides is 1. The molecule has 1 aromatic rings. The van der Waals surface area contributed by atoms with Crippen LogP contribution in [0.25, 0.3) is 0 Å². The molecule has 1 atom stereocenters. The van der Waals surface area contributed by atoms with Gasteiger partial charge in [0, 0.05) is 6.07 Å². The van der Waals surface area contributed by atoms with E-state index in [0.717, 1.165) is 18.2 Å². The molecule has 0 bridgehead atoms. The second kappa shape index (κ2) is 5.92. The molecule has 1 N–H and O–H groups in total. The molecule has 0 saturated heterocycles. The molecular weight excluding hydrogens is 276 g/mol. The summed E-state index contributed by atoms with van der Waals surface area (Å²) in [5, 5.41) is 0.756. The highest BCUT2D eigenvalue weighted by atomic mass is 32.2. The third-order valence-corrected chi connectivity index (χ3v) is 4.44. The van der Waals surface area contributed by atoms with Crippen LogP contribution >= 0.6 is 0 Å². The highest BCUT2D eigenvalue weighted by molar-refractivity contribution is 7.92. The Morgan fingerprint density at radius 2 is 2.11 bits per heavy atom. The van der Waals surface area contributed by atoms with Crippen LogP contribution in [0.15, 0.2) is 30.9 Å². The molecule has 0 heterocycles. The van der Waals surface area contributed by atoms with Gasteiger partial charge in [-0.2, -0.15) is 0 Å². The van der Waals surface area contributed by atoms with E-state index in [-0.39, 0.29) is 11.4 Å². The summed E-state index contributed by atoms with van der Waals surface area (Å²) in [6.07, 6.45) is 1.16. The summed E-state index contributed by atoms with van der Waals surface area (Å²) >= 11 is 0. The summed E-state index contributed by atoms with van der Waals surface area (Å²) in [5.41, 5.74) is -0.271. The lowest BCUT2D eigenvalue weighted by molar-refractivity contribution is -0.115. The number of carbonyl (C=O) groups excluding carboxylic acids is 1. The molecule has 0 spiro atoms. The summed E-state index contributed by atoms with van der Waals surface area (Å²) < 4.78 is 49.2. The van der Waals surface area contributed by atoms with Crippen LogP contribution in [-0.2, 0) is 14.6 Å². The largest absolute Gasteiger partial charge is 0.322 e. The Morgan fingerprint density at radius 1 is 1.47 bits per heavy atom. The van der Waals surface area contributed by atoms with E-state index in [9.17, 15) is 22.0 Å². The Labute approximate surface area is 110 Å². The van der Waals surface area contributed by atoms with Crippen molar-refractivity contribution in [2.75, 3.05) is 11.1 Å². The van der Waals surface area contributed by atoms with E-state index < -0.39 is 32.6 Å². The topological polar surface area (TPSA) is 63.2 Å². The Kier molecular flexibility index (Phi) is 4.77. The number of rotatable bonds is 5. The van der Waals surface area contributed by atoms with Crippen molar-refractivity contribution in [3.8, 4) is 0 Å². The van der Waals surface area contributed by atoms with Gasteiger partial charge < -0.3 is 5.32 Å². The molecule has 19 heavy (non-hydrogen) atoms. The van der Waals surface area contributed by atoms with Crippen molar-refractivity contribution >= 4 is 21.4 Å². The van der Waals surface area contributed by atoms with Gasteiger partial charge >= 0.3 is 0 Å². The van der Waals surface area contributed by atoms with Crippen molar-refractivity contribution in [2.24, 2.45) is 0 Å². The van der Waals surface area contributed by atoms with Gasteiger partial charge in [0.2, 0.25) is 5.91 Å². The van der Waals surface area contributed by atoms with Crippen LogP contribution in [0.3, 0.4) is 0 Å². The van der Waals surface area contributed by atoms with E-state index in [1.807, 2.05) is 0 Å². The second-order valence-electron chi connectivity index (χ2n) is 3.87. The van der Waals surface area contributed by atoms with Crippen molar-refractivity contribution in [2.45, 2.75) is 12.2 Å². The van der Waals surface area contributed by atoms with Gasteiger partial charge in [-0.3, -0.25) is 4.79 Å². The number of nitrogens with one attached hydrogen (secondary N) is 1. The fraction of sp³-hybridized carbons (Fsp3) is 0.250. The number of sulfone groups is 1. The van der Waals surface area contributed by atoms with E-state index in [1.165, 1.54) is 6.92 Å². The Morgan fingerprint density at radius 3 is 2.63 bits per heavy atom. The zero-order valence-electron chi connectivity index (χ0n) is 10.2. The molecular formula is C12H13F2NO3S. The average molecular weight is 289 g/mol. The number of halogens is 2. The predicted octanol–water partition coefficient (Wildman–Crippen LogP) is 1.89. The Hall–Kier alpha value is -1.76. The average Bonchev–Trinajstić information content (AvgIpc) is 2.31.